The summed E-state index contributed by atoms with van der Waals surface area (Å²) in [5.74, 6) is -4.82. The molecule has 29 heavy (non-hydrogen) atoms. The molecule has 8 nitrogen and oxygen atoms in total. The lowest BCUT2D eigenvalue weighted by molar-refractivity contribution is -0.127. The zero-order valence-corrected chi connectivity index (χ0v) is 14.8. The van der Waals surface area contributed by atoms with Crippen molar-refractivity contribution in [3.63, 3.8) is 0 Å². The summed E-state index contributed by atoms with van der Waals surface area (Å²) in [6.07, 6.45) is 1.34. The average molecular weight is 399 g/mol. The van der Waals surface area contributed by atoms with E-state index in [1.54, 1.807) is 0 Å². The van der Waals surface area contributed by atoms with Crippen LogP contribution in [0.15, 0.2) is 54.7 Å². The lowest BCUT2D eigenvalue weighted by atomic mass is 9.97. The highest BCUT2D eigenvalue weighted by Gasteiger charge is 2.27. The van der Waals surface area contributed by atoms with Crippen molar-refractivity contribution >= 4 is 23.5 Å². The van der Waals surface area contributed by atoms with Crippen LogP contribution in [0, 0.1) is 11.6 Å². The third kappa shape index (κ3) is 4.80. The van der Waals surface area contributed by atoms with Gasteiger partial charge in [-0.1, -0.05) is 6.07 Å². The maximum Gasteiger partial charge on any atom is 0.241 e. The van der Waals surface area contributed by atoms with Crippen LogP contribution in [-0.2, 0) is 9.59 Å². The van der Waals surface area contributed by atoms with Gasteiger partial charge in [-0.05, 0) is 42.0 Å². The first-order valence-corrected chi connectivity index (χ1v) is 8.25. The molecule has 0 aliphatic heterocycles. The molecule has 2 amide bonds. The fourth-order valence-corrected chi connectivity index (χ4v) is 2.50. The average Bonchev–Trinajstić information content (AvgIpc) is 2.66. The van der Waals surface area contributed by atoms with E-state index in [0.29, 0.717) is 0 Å². The minimum Gasteiger partial charge on any atom is -0.436 e. The highest BCUT2D eigenvalue weighted by atomic mass is 19.1. The molecule has 0 aliphatic carbocycles. The molecule has 0 saturated heterocycles. The van der Waals surface area contributed by atoms with Crippen LogP contribution < -0.4 is 21.5 Å². The summed E-state index contributed by atoms with van der Waals surface area (Å²) in [5, 5.41) is 2.44. The van der Waals surface area contributed by atoms with E-state index in [4.69, 9.17) is 16.2 Å². The number of hydrogen-bond acceptors (Lipinski definition) is 6. The van der Waals surface area contributed by atoms with Crippen molar-refractivity contribution in [1.29, 1.82) is 0 Å². The first-order chi connectivity index (χ1) is 13.8. The van der Waals surface area contributed by atoms with Gasteiger partial charge in [0.15, 0.2) is 11.6 Å². The first-order valence-electron chi connectivity index (χ1n) is 8.25. The highest BCUT2D eigenvalue weighted by molar-refractivity contribution is 6.10. The topological polar surface area (TPSA) is 133 Å². The molecule has 0 fully saturated rings. The second-order valence-electron chi connectivity index (χ2n) is 5.88. The van der Waals surface area contributed by atoms with Gasteiger partial charge in [0.1, 0.15) is 11.7 Å². The summed E-state index contributed by atoms with van der Waals surface area (Å²) >= 11 is 0. The van der Waals surface area contributed by atoms with Gasteiger partial charge in [-0.2, -0.15) is 4.98 Å². The van der Waals surface area contributed by atoms with Crippen LogP contribution in [-0.4, -0.2) is 21.8 Å². The molecule has 3 aromatic rings. The van der Waals surface area contributed by atoms with Crippen molar-refractivity contribution in [3.8, 4) is 11.6 Å². The summed E-state index contributed by atoms with van der Waals surface area (Å²) in [6.45, 7) is 0. The number of aromatic nitrogens is 2. The van der Waals surface area contributed by atoms with Gasteiger partial charge in [0.25, 0.3) is 0 Å². The van der Waals surface area contributed by atoms with E-state index in [2.05, 4.69) is 15.3 Å². The van der Waals surface area contributed by atoms with Crippen molar-refractivity contribution in [2.24, 2.45) is 5.73 Å². The number of carbonyl (C=O) groups is 2. The first kappa shape index (κ1) is 19.7. The van der Waals surface area contributed by atoms with E-state index in [1.807, 2.05) is 0 Å². The Kier molecular flexibility index (Phi) is 5.63. The van der Waals surface area contributed by atoms with Gasteiger partial charge in [-0.3, -0.25) is 9.59 Å². The Morgan fingerprint density at radius 3 is 2.41 bits per heavy atom. The van der Waals surface area contributed by atoms with Gasteiger partial charge in [0, 0.05) is 18.0 Å². The molecule has 1 aromatic heterocycles. The number of ether oxygens (including phenoxy) is 1. The zero-order chi connectivity index (χ0) is 21.0. The highest BCUT2D eigenvalue weighted by Crippen LogP contribution is 2.27. The van der Waals surface area contributed by atoms with Crippen LogP contribution in [0.2, 0.25) is 0 Å². The number of nitrogens with zero attached hydrogens (tertiary/aromatic N) is 2. The molecule has 0 spiro atoms. The van der Waals surface area contributed by atoms with Crippen LogP contribution in [0.25, 0.3) is 0 Å². The Morgan fingerprint density at radius 2 is 1.79 bits per heavy atom. The molecule has 0 radical (unpaired) electrons. The number of anilines is 2. The smallest absolute Gasteiger partial charge is 0.241 e. The number of benzene rings is 2. The number of amides is 2. The van der Waals surface area contributed by atoms with Crippen molar-refractivity contribution in [1.82, 2.24) is 9.97 Å². The third-order valence-electron chi connectivity index (χ3n) is 3.81. The van der Waals surface area contributed by atoms with Gasteiger partial charge in [0.2, 0.25) is 23.6 Å². The summed E-state index contributed by atoms with van der Waals surface area (Å²) in [7, 11) is 0. The Bertz CT molecular complexity index is 1060. The Labute approximate surface area is 163 Å². The number of carbonyl (C=O) groups excluding carboxylic acids is 2. The van der Waals surface area contributed by atoms with Crippen molar-refractivity contribution in [2.45, 2.75) is 5.92 Å². The fraction of sp³-hybridized carbons (Fsp3) is 0.0526. The van der Waals surface area contributed by atoms with Crippen LogP contribution >= 0.6 is 0 Å². The van der Waals surface area contributed by atoms with E-state index in [1.165, 1.54) is 36.5 Å². The van der Waals surface area contributed by atoms with Gasteiger partial charge >= 0.3 is 0 Å². The molecule has 1 atom stereocenters. The van der Waals surface area contributed by atoms with Gasteiger partial charge in [-0.25, -0.2) is 13.8 Å². The number of halogens is 2. The van der Waals surface area contributed by atoms with Gasteiger partial charge < -0.3 is 21.5 Å². The Hall–Kier alpha value is -4.08. The Balaban J connectivity index is 1.82. The lowest BCUT2D eigenvalue weighted by Crippen LogP contribution is -2.32. The molecule has 1 unspecified atom stereocenters. The quantitative estimate of drug-likeness (QED) is 0.545. The predicted molar refractivity (Wildman–Crippen MR) is 99.9 cm³/mol. The van der Waals surface area contributed by atoms with E-state index >= 15 is 0 Å². The summed E-state index contributed by atoms with van der Waals surface area (Å²) < 4.78 is 32.7. The molecule has 2 aromatic carbocycles. The van der Waals surface area contributed by atoms with Crippen LogP contribution in [0.4, 0.5) is 20.4 Å². The third-order valence-corrected chi connectivity index (χ3v) is 3.81. The molecule has 0 aliphatic rings. The SMILES string of the molecule is NC(=O)C(C(=O)Nc1ccc(F)cc1)c1ccc(Oc2ccnc(N)n2)c(F)c1. The molecular formula is C19H15F2N5O3. The standard InChI is InChI=1S/C19H15F2N5O3/c20-11-2-4-12(5-3-11)25-18(28)16(17(22)27)10-1-6-14(13(21)9-10)29-15-7-8-24-19(23)26-15/h1-9,16H,(H2,22,27)(H,25,28)(H2,23,24,26). The van der Waals surface area contributed by atoms with E-state index in [0.717, 1.165) is 18.2 Å². The number of nitrogen functional groups attached to an aromatic ring is 1. The second kappa shape index (κ2) is 8.30. The maximum atomic E-state index is 14.5. The van der Waals surface area contributed by atoms with Crippen molar-refractivity contribution in [2.75, 3.05) is 11.1 Å². The molecule has 148 valence electrons. The fourth-order valence-electron chi connectivity index (χ4n) is 2.50. The van der Waals surface area contributed by atoms with Crippen LogP contribution in [0.5, 0.6) is 11.6 Å². The number of nitrogens with one attached hydrogen (secondary N) is 1. The van der Waals surface area contributed by atoms with Crippen molar-refractivity contribution in [3.05, 3.63) is 71.9 Å². The molecular weight excluding hydrogens is 384 g/mol. The minimum atomic E-state index is -1.47. The zero-order valence-electron chi connectivity index (χ0n) is 14.8. The number of nitrogens with two attached hydrogens (primary N) is 2. The number of rotatable bonds is 6. The maximum absolute atomic E-state index is 14.5. The molecule has 0 bridgehead atoms. The molecule has 10 heteroatoms. The Morgan fingerprint density at radius 1 is 1.07 bits per heavy atom. The number of primary amides is 1. The molecule has 3 rings (SSSR count). The summed E-state index contributed by atoms with van der Waals surface area (Å²) in [4.78, 5) is 31.8. The van der Waals surface area contributed by atoms with Crippen molar-refractivity contribution < 1.29 is 23.1 Å². The predicted octanol–water partition coefficient (Wildman–Crippen LogP) is 2.34. The van der Waals surface area contributed by atoms with E-state index in [-0.39, 0.29) is 28.8 Å². The normalized spacial score (nSPS) is 11.5. The van der Waals surface area contributed by atoms with Gasteiger partial charge in [0.05, 0.1) is 0 Å². The van der Waals surface area contributed by atoms with Crippen LogP contribution in [0.1, 0.15) is 11.5 Å². The van der Waals surface area contributed by atoms with E-state index < -0.39 is 29.4 Å². The monoisotopic (exact) mass is 399 g/mol. The molecule has 0 saturated carbocycles. The molecule has 5 N–H and O–H groups in total. The largest absolute Gasteiger partial charge is 0.436 e. The summed E-state index contributed by atoms with van der Waals surface area (Å²) in [6, 6.07) is 9.80. The summed E-state index contributed by atoms with van der Waals surface area (Å²) in [5.41, 5.74) is 11.0. The molecule has 1 heterocycles. The minimum absolute atomic E-state index is 0.0177. The van der Waals surface area contributed by atoms with E-state index in [9.17, 15) is 18.4 Å². The lowest BCUT2D eigenvalue weighted by Gasteiger charge is -2.15. The van der Waals surface area contributed by atoms with Crippen LogP contribution in [0.3, 0.4) is 0 Å². The van der Waals surface area contributed by atoms with Gasteiger partial charge in [-0.15, -0.1) is 0 Å². The number of hydrogen-bond donors (Lipinski definition) is 3. The second-order valence-corrected chi connectivity index (χ2v) is 5.88.